The Morgan fingerprint density at radius 2 is 1.79 bits per heavy atom. The number of carbonyl (C=O) groups is 2. The van der Waals surface area contributed by atoms with E-state index < -0.39 is 11.6 Å². The standard InChI is InChI=1S/C14H27NO4/c1-6-7-8-9-19-14(12(2)16,10-13(17)18)11-15(3,4)5/h6-11H2,1-5H3. The highest BCUT2D eigenvalue weighted by Crippen LogP contribution is 2.21. The zero-order valence-corrected chi connectivity index (χ0v) is 12.8. The minimum atomic E-state index is -1.27. The maximum atomic E-state index is 11.9. The number of Topliss-reactive ketones (excluding diaryl/α,β-unsaturated/α-hetero) is 1. The van der Waals surface area contributed by atoms with Gasteiger partial charge in [0.1, 0.15) is 6.54 Å². The van der Waals surface area contributed by atoms with Gasteiger partial charge in [0.05, 0.1) is 21.1 Å². The van der Waals surface area contributed by atoms with Gasteiger partial charge in [-0.2, -0.15) is 0 Å². The quantitative estimate of drug-likeness (QED) is 0.426. The second-order valence-corrected chi connectivity index (χ2v) is 6.10. The van der Waals surface area contributed by atoms with Crippen LogP contribution in [0.5, 0.6) is 0 Å². The third kappa shape index (κ3) is 7.28. The molecule has 0 radical (unpaired) electrons. The molecule has 0 aromatic rings. The summed E-state index contributed by atoms with van der Waals surface area (Å²) in [6.45, 7) is 4.19. The Labute approximate surface area is 116 Å². The largest absolute Gasteiger partial charge is 0.550 e. The SMILES string of the molecule is CCCCCOC(CC(=O)[O-])(C[N+](C)(C)C)C(C)=O. The molecule has 0 heterocycles. The van der Waals surface area contributed by atoms with E-state index in [1.54, 1.807) is 0 Å². The summed E-state index contributed by atoms with van der Waals surface area (Å²) in [5.74, 6) is -1.50. The molecule has 0 aliphatic carbocycles. The number of nitrogens with zero attached hydrogens (tertiary/aromatic N) is 1. The van der Waals surface area contributed by atoms with Gasteiger partial charge in [0, 0.05) is 19.0 Å². The summed E-state index contributed by atoms with van der Waals surface area (Å²) in [5, 5.41) is 10.9. The van der Waals surface area contributed by atoms with Crippen LogP contribution in [0.1, 0.15) is 39.5 Å². The van der Waals surface area contributed by atoms with Gasteiger partial charge in [-0.15, -0.1) is 0 Å². The summed E-state index contributed by atoms with van der Waals surface area (Å²) < 4.78 is 6.15. The van der Waals surface area contributed by atoms with E-state index in [4.69, 9.17) is 4.74 Å². The number of quaternary nitrogens is 1. The minimum Gasteiger partial charge on any atom is -0.550 e. The fraction of sp³-hybridized carbons (Fsp3) is 0.857. The third-order valence-electron chi connectivity index (χ3n) is 2.93. The second-order valence-electron chi connectivity index (χ2n) is 6.10. The number of rotatable bonds is 10. The molecule has 1 unspecified atom stereocenters. The molecule has 0 aromatic heterocycles. The maximum absolute atomic E-state index is 11.9. The molecule has 0 saturated heterocycles. The number of aliphatic carboxylic acids is 1. The zero-order chi connectivity index (χ0) is 15.1. The van der Waals surface area contributed by atoms with E-state index in [0.717, 1.165) is 19.3 Å². The smallest absolute Gasteiger partial charge is 0.179 e. The van der Waals surface area contributed by atoms with Crippen LogP contribution in [0, 0.1) is 0 Å². The van der Waals surface area contributed by atoms with E-state index in [1.165, 1.54) is 6.92 Å². The number of hydrogen-bond acceptors (Lipinski definition) is 4. The van der Waals surface area contributed by atoms with Gasteiger partial charge in [-0.3, -0.25) is 4.79 Å². The Kier molecular flexibility index (Phi) is 7.23. The van der Waals surface area contributed by atoms with Gasteiger partial charge in [0.15, 0.2) is 11.4 Å². The molecule has 0 fully saturated rings. The van der Waals surface area contributed by atoms with Crippen LogP contribution in [0.15, 0.2) is 0 Å². The molecule has 0 N–H and O–H groups in total. The Morgan fingerprint density at radius 1 is 1.21 bits per heavy atom. The van der Waals surface area contributed by atoms with Crippen molar-refractivity contribution in [2.75, 3.05) is 34.3 Å². The molecule has 0 rings (SSSR count). The van der Waals surface area contributed by atoms with Crippen LogP contribution in [0.4, 0.5) is 0 Å². The lowest BCUT2D eigenvalue weighted by Gasteiger charge is -2.37. The van der Waals surface area contributed by atoms with Gasteiger partial charge in [-0.1, -0.05) is 19.8 Å². The normalized spacial score (nSPS) is 15.0. The first-order valence-electron chi connectivity index (χ1n) is 6.78. The molecule has 5 nitrogen and oxygen atoms in total. The number of unbranched alkanes of at least 4 members (excludes halogenated alkanes) is 2. The molecule has 0 amide bonds. The van der Waals surface area contributed by atoms with Crippen LogP contribution < -0.4 is 5.11 Å². The van der Waals surface area contributed by atoms with Crippen molar-refractivity contribution >= 4 is 11.8 Å². The van der Waals surface area contributed by atoms with Crippen molar-refractivity contribution in [2.24, 2.45) is 0 Å². The van der Waals surface area contributed by atoms with E-state index in [1.807, 2.05) is 21.1 Å². The van der Waals surface area contributed by atoms with Crippen LogP contribution in [-0.2, 0) is 14.3 Å². The first-order valence-corrected chi connectivity index (χ1v) is 6.78. The predicted molar refractivity (Wildman–Crippen MR) is 71.4 cm³/mol. The van der Waals surface area contributed by atoms with Crippen LogP contribution >= 0.6 is 0 Å². The number of carbonyl (C=O) groups excluding carboxylic acids is 2. The van der Waals surface area contributed by atoms with Gasteiger partial charge in [0.25, 0.3) is 0 Å². The molecule has 0 aliphatic heterocycles. The highest BCUT2D eigenvalue weighted by Gasteiger charge is 2.41. The molecular formula is C14H27NO4. The lowest BCUT2D eigenvalue weighted by atomic mass is 9.93. The fourth-order valence-electron chi connectivity index (χ4n) is 2.11. The van der Waals surface area contributed by atoms with E-state index in [0.29, 0.717) is 17.6 Å². The monoisotopic (exact) mass is 273 g/mol. The van der Waals surface area contributed by atoms with Crippen LogP contribution in [-0.4, -0.2) is 56.1 Å². The van der Waals surface area contributed by atoms with Crippen molar-refractivity contribution in [3.63, 3.8) is 0 Å². The summed E-state index contributed by atoms with van der Waals surface area (Å²) in [7, 11) is 5.72. The first-order chi connectivity index (χ1) is 8.63. The molecule has 0 spiro atoms. The van der Waals surface area contributed by atoms with E-state index in [9.17, 15) is 14.7 Å². The molecule has 5 heteroatoms. The molecule has 112 valence electrons. The van der Waals surface area contributed by atoms with Gasteiger partial charge in [-0.25, -0.2) is 0 Å². The lowest BCUT2D eigenvalue weighted by Crippen LogP contribution is -2.57. The average molecular weight is 273 g/mol. The third-order valence-corrected chi connectivity index (χ3v) is 2.93. The van der Waals surface area contributed by atoms with Crippen LogP contribution in [0.3, 0.4) is 0 Å². The molecule has 1 atom stereocenters. The van der Waals surface area contributed by atoms with E-state index >= 15 is 0 Å². The molecule has 0 aromatic carbocycles. The maximum Gasteiger partial charge on any atom is 0.179 e. The number of ketones is 1. The van der Waals surface area contributed by atoms with Gasteiger partial charge in [-0.05, 0) is 13.3 Å². The topological polar surface area (TPSA) is 66.4 Å². The lowest BCUT2D eigenvalue weighted by molar-refractivity contribution is -0.875. The summed E-state index contributed by atoms with van der Waals surface area (Å²) >= 11 is 0. The molecule has 0 aliphatic rings. The Morgan fingerprint density at radius 3 is 2.16 bits per heavy atom. The van der Waals surface area contributed by atoms with Crippen molar-refractivity contribution in [1.82, 2.24) is 0 Å². The predicted octanol–water partition coefficient (Wildman–Crippen LogP) is 0.367. The van der Waals surface area contributed by atoms with Crippen LogP contribution in [0.2, 0.25) is 0 Å². The Bertz CT molecular complexity index is 309. The average Bonchev–Trinajstić information content (AvgIpc) is 2.20. The summed E-state index contributed by atoms with van der Waals surface area (Å²) in [6, 6.07) is 0. The van der Waals surface area contributed by atoms with E-state index in [2.05, 4.69) is 6.92 Å². The van der Waals surface area contributed by atoms with Gasteiger partial charge >= 0.3 is 0 Å². The van der Waals surface area contributed by atoms with Crippen molar-refractivity contribution in [1.29, 1.82) is 0 Å². The molecule has 0 saturated carbocycles. The summed E-state index contributed by atoms with van der Waals surface area (Å²) in [5.41, 5.74) is -1.27. The van der Waals surface area contributed by atoms with Gasteiger partial charge in [0.2, 0.25) is 0 Å². The molecule has 0 bridgehead atoms. The Balaban J connectivity index is 4.93. The zero-order valence-electron chi connectivity index (χ0n) is 12.8. The Hall–Kier alpha value is -0.940. The van der Waals surface area contributed by atoms with Gasteiger partial charge < -0.3 is 19.1 Å². The van der Waals surface area contributed by atoms with Crippen molar-refractivity contribution in [3.05, 3.63) is 0 Å². The van der Waals surface area contributed by atoms with Crippen molar-refractivity contribution < 1.29 is 23.9 Å². The number of ether oxygens (including phenoxy) is 1. The first kappa shape index (κ1) is 18.1. The highest BCUT2D eigenvalue weighted by molar-refractivity contribution is 5.89. The summed E-state index contributed by atoms with van der Waals surface area (Å²) in [4.78, 5) is 22.9. The minimum absolute atomic E-state index is 0.249. The highest BCUT2D eigenvalue weighted by atomic mass is 16.5. The number of hydrogen-bond donors (Lipinski definition) is 0. The van der Waals surface area contributed by atoms with Crippen molar-refractivity contribution in [2.45, 2.75) is 45.1 Å². The van der Waals surface area contributed by atoms with E-state index in [-0.39, 0.29) is 12.2 Å². The number of likely N-dealkylation sites (N-methyl/N-ethyl adjacent to an activating group) is 1. The number of carboxylic acid groups (broad SMARTS) is 1. The molecule has 19 heavy (non-hydrogen) atoms. The summed E-state index contributed by atoms with van der Waals surface area (Å²) in [6.07, 6.45) is 2.50. The number of carboxylic acids is 1. The fourth-order valence-corrected chi connectivity index (χ4v) is 2.11. The molecular weight excluding hydrogens is 246 g/mol. The van der Waals surface area contributed by atoms with Crippen molar-refractivity contribution in [3.8, 4) is 0 Å². The second kappa shape index (κ2) is 7.60. The van der Waals surface area contributed by atoms with Crippen LogP contribution in [0.25, 0.3) is 0 Å².